The van der Waals surface area contributed by atoms with Crippen molar-refractivity contribution in [3.63, 3.8) is 0 Å². The van der Waals surface area contributed by atoms with Gasteiger partial charge in [0.05, 0.1) is 5.69 Å². The molecule has 0 bridgehead atoms. The molecule has 1 fully saturated rings. The molecule has 0 atom stereocenters. The number of alkyl halides is 1. The van der Waals surface area contributed by atoms with Crippen LogP contribution in [0.4, 0.5) is 0 Å². The minimum Gasteiger partial charge on any atom is -0.300 e. The Morgan fingerprint density at radius 3 is 2.50 bits per heavy atom. The summed E-state index contributed by atoms with van der Waals surface area (Å²) in [6, 6.07) is 6.10. The van der Waals surface area contributed by atoms with Crippen molar-refractivity contribution in [1.29, 1.82) is 0 Å². The van der Waals surface area contributed by atoms with Gasteiger partial charge in [-0.1, -0.05) is 6.07 Å². The van der Waals surface area contributed by atoms with Crippen LogP contribution < -0.4 is 0 Å². The van der Waals surface area contributed by atoms with Crippen LogP contribution in [0.15, 0.2) is 24.4 Å². The van der Waals surface area contributed by atoms with Gasteiger partial charge in [-0.15, -0.1) is 11.6 Å². The van der Waals surface area contributed by atoms with E-state index in [1.54, 1.807) is 0 Å². The summed E-state index contributed by atoms with van der Waals surface area (Å²) >= 11 is 5.74. The lowest BCUT2D eigenvalue weighted by Crippen LogP contribution is -2.46. The van der Waals surface area contributed by atoms with Crippen LogP contribution in [0, 0.1) is 0 Å². The Labute approximate surface area is 102 Å². The van der Waals surface area contributed by atoms with E-state index >= 15 is 0 Å². The number of hydrogen-bond donors (Lipinski definition) is 0. The second-order valence-electron chi connectivity index (χ2n) is 4.13. The summed E-state index contributed by atoms with van der Waals surface area (Å²) in [4.78, 5) is 9.22. The molecule has 1 aromatic rings. The van der Waals surface area contributed by atoms with E-state index in [4.69, 9.17) is 11.6 Å². The minimum atomic E-state index is 0.736. The second kappa shape index (κ2) is 6.18. The molecule has 16 heavy (non-hydrogen) atoms. The van der Waals surface area contributed by atoms with Crippen LogP contribution in [0.5, 0.6) is 0 Å². The fourth-order valence-corrected chi connectivity index (χ4v) is 2.25. The number of hydrogen-bond acceptors (Lipinski definition) is 3. The lowest BCUT2D eigenvalue weighted by Gasteiger charge is -2.34. The highest BCUT2D eigenvalue weighted by Gasteiger charge is 2.16. The van der Waals surface area contributed by atoms with Crippen molar-refractivity contribution in [2.24, 2.45) is 0 Å². The number of aromatic nitrogens is 1. The Morgan fingerprint density at radius 2 is 1.88 bits per heavy atom. The third kappa shape index (κ3) is 3.44. The lowest BCUT2D eigenvalue weighted by molar-refractivity contribution is 0.131. The molecule has 3 nitrogen and oxygen atoms in total. The number of nitrogens with zero attached hydrogens (tertiary/aromatic N) is 3. The van der Waals surface area contributed by atoms with Gasteiger partial charge in [0.1, 0.15) is 0 Å². The average molecular weight is 240 g/mol. The summed E-state index contributed by atoms with van der Waals surface area (Å²) in [5.41, 5.74) is 1.16. The van der Waals surface area contributed by atoms with Crippen molar-refractivity contribution in [2.45, 2.75) is 6.54 Å². The molecule has 0 aromatic carbocycles. The van der Waals surface area contributed by atoms with E-state index in [1.165, 1.54) is 0 Å². The number of rotatable bonds is 4. The van der Waals surface area contributed by atoms with Crippen LogP contribution in [0.2, 0.25) is 0 Å². The van der Waals surface area contributed by atoms with Crippen molar-refractivity contribution in [2.75, 3.05) is 38.6 Å². The topological polar surface area (TPSA) is 19.4 Å². The number of piperazine rings is 1. The maximum atomic E-state index is 5.74. The highest BCUT2D eigenvalue weighted by atomic mass is 35.5. The van der Waals surface area contributed by atoms with Gasteiger partial charge in [0, 0.05) is 51.3 Å². The smallest absolute Gasteiger partial charge is 0.0543 e. The molecule has 0 N–H and O–H groups in total. The van der Waals surface area contributed by atoms with E-state index in [0.29, 0.717) is 0 Å². The zero-order valence-corrected chi connectivity index (χ0v) is 10.2. The maximum Gasteiger partial charge on any atom is 0.0543 e. The third-order valence-electron chi connectivity index (χ3n) is 2.98. The van der Waals surface area contributed by atoms with Gasteiger partial charge in [0.15, 0.2) is 0 Å². The lowest BCUT2D eigenvalue weighted by atomic mass is 10.2. The van der Waals surface area contributed by atoms with E-state index in [9.17, 15) is 0 Å². The third-order valence-corrected chi connectivity index (χ3v) is 3.15. The summed E-state index contributed by atoms with van der Waals surface area (Å²) in [5, 5.41) is 0. The SMILES string of the molecule is ClCCN1CCN(Cc2ccccn2)CC1. The molecule has 0 amide bonds. The van der Waals surface area contributed by atoms with Crippen molar-refractivity contribution in [3.8, 4) is 0 Å². The van der Waals surface area contributed by atoms with Crippen molar-refractivity contribution < 1.29 is 0 Å². The molecule has 4 heteroatoms. The zero-order chi connectivity index (χ0) is 11.2. The van der Waals surface area contributed by atoms with E-state index in [1.807, 2.05) is 18.3 Å². The van der Waals surface area contributed by atoms with Gasteiger partial charge in [-0.3, -0.25) is 14.8 Å². The van der Waals surface area contributed by atoms with Crippen LogP contribution in [0.1, 0.15) is 5.69 Å². The molecule has 1 saturated heterocycles. The summed E-state index contributed by atoms with van der Waals surface area (Å²) in [5.74, 6) is 0.736. The van der Waals surface area contributed by atoms with E-state index in [2.05, 4.69) is 20.9 Å². The van der Waals surface area contributed by atoms with E-state index < -0.39 is 0 Å². The number of halogens is 1. The highest BCUT2D eigenvalue weighted by molar-refractivity contribution is 6.18. The summed E-state index contributed by atoms with van der Waals surface area (Å²) in [6.07, 6.45) is 1.86. The van der Waals surface area contributed by atoms with Gasteiger partial charge in [-0.2, -0.15) is 0 Å². The van der Waals surface area contributed by atoms with Crippen LogP contribution in [-0.4, -0.2) is 53.4 Å². The van der Waals surface area contributed by atoms with E-state index in [0.717, 1.165) is 50.8 Å². The van der Waals surface area contributed by atoms with Gasteiger partial charge in [0.25, 0.3) is 0 Å². The van der Waals surface area contributed by atoms with Crippen LogP contribution in [-0.2, 0) is 6.54 Å². The highest BCUT2D eigenvalue weighted by Crippen LogP contribution is 2.06. The quantitative estimate of drug-likeness (QED) is 0.742. The monoisotopic (exact) mass is 239 g/mol. The molecule has 0 radical (unpaired) electrons. The minimum absolute atomic E-state index is 0.736. The first-order valence-electron chi connectivity index (χ1n) is 5.79. The Balaban J connectivity index is 1.77. The molecule has 0 unspecified atom stereocenters. The summed E-state index contributed by atoms with van der Waals surface area (Å²) in [6.45, 7) is 6.47. The van der Waals surface area contributed by atoms with Crippen molar-refractivity contribution >= 4 is 11.6 Å². The number of pyridine rings is 1. The first kappa shape index (κ1) is 11.8. The molecular formula is C12H18ClN3. The van der Waals surface area contributed by atoms with Gasteiger partial charge in [-0.25, -0.2) is 0 Å². The molecule has 1 aromatic heterocycles. The molecule has 2 heterocycles. The molecule has 0 saturated carbocycles. The zero-order valence-electron chi connectivity index (χ0n) is 9.48. The first-order chi connectivity index (χ1) is 7.88. The van der Waals surface area contributed by atoms with Gasteiger partial charge >= 0.3 is 0 Å². The second-order valence-corrected chi connectivity index (χ2v) is 4.51. The molecule has 1 aliphatic rings. The maximum absolute atomic E-state index is 5.74. The molecule has 0 aliphatic carbocycles. The van der Waals surface area contributed by atoms with Crippen molar-refractivity contribution in [1.82, 2.24) is 14.8 Å². The summed E-state index contributed by atoms with van der Waals surface area (Å²) < 4.78 is 0. The van der Waals surface area contributed by atoms with Gasteiger partial charge in [-0.05, 0) is 12.1 Å². The standard InChI is InChI=1S/C12H18ClN3/c13-4-6-15-7-9-16(10-8-15)11-12-3-1-2-5-14-12/h1-3,5H,4,6-11H2. The predicted octanol–water partition coefficient (Wildman–Crippen LogP) is 1.44. The van der Waals surface area contributed by atoms with Crippen LogP contribution in [0.25, 0.3) is 0 Å². The molecule has 0 spiro atoms. The normalized spacial score (nSPS) is 18.8. The molecular weight excluding hydrogens is 222 g/mol. The Morgan fingerprint density at radius 1 is 1.12 bits per heavy atom. The van der Waals surface area contributed by atoms with Crippen LogP contribution >= 0.6 is 11.6 Å². The first-order valence-corrected chi connectivity index (χ1v) is 6.32. The Kier molecular flexibility index (Phi) is 4.57. The molecule has 1 aliphatic heterocycles. The van der Waals surface area contributed by atoms with Gasteiger partial charge in [0.2, 0.25) is 0 Å². The van der Waals surface area contributed by atoms with Gasteiger partial charge < -0.3 is 0 Å². The van der Waals surface area contributed by atoms with Crippen molar-refractivity contribution in [3.05, 3.63) is 30.1 Å². The molecule has 2 rings (SSSR count). The fourth-order valence-electron chi connectivity index (χ4n) is 2.01. The largest absolute Gasteiger partial charge is 0.300 e. The Bertz CT molecular complexity index is 296. The molecule has 88 valence electrons. The summed E-state index contributed by atoms with van der Waals surface area (Å²) in [7, 11) is 0. The van der Waals surface area contributed by atoms with Crippen LogP contribution in [0.3, 0.4) is 0 Å². The van der Waals surface area contributed by atoms with E-state index in [-0.39, 0.29) is 0 Å². The Hall–Kier alpha value is -0.640. The average Bonchev–Trinajstić information content (AvgIpc) is 2.33. The predicted molar refractivity (Wildman–Crippen MR) is 66.7 cm³/mol. The fraction of sp³-hybridized carbons (Fsp3) is 0.583.